The summed E-state index contributed by atoms with van der Waals surface area (Å²) in [6, 6.07) is 4.17. The number of aliphatic hydroxyl groups is 1. The van der Waals surface area contributed by atoms with Gasteiger partial charge in [-0.25, -0.2) is 8.42 Å². The van der Waals surface area contributed by atoms with Gasteiger partial charge in [-0.2, -0.15) is 4.31 Å². The van der Waals surface area contributed by atoms with Gasteiger partial charge in [0.1, 0.15) is 23.4 Å². The Kier molecular flexibility index (Phi) is 9.59. The molecular weight excluding hydrogens is 468 g/mol. The first-order chi connectivity index (χ1) is 16.7. The predicted octanol–water partition coefficient (Wildman–Crippen LogP) is 2.49. The largest absolute Gasteiger partial charge is 0.487 e. The lowest BCUT2D eigenvalue weighted by Crippen LogP contribution is -2.50. The summed E-state index contributed by atoms with van der Waals surface area (Å²) in [4.78, 5) is 14.9. The van der Waals surface area contributed by atoms with E-state index in [0.717, 1.165) is 25.7 Å². The molecule has 1 aromatic rings. The molecule has 0 aromatic heterocycles. The smallest absolute Gasteiger partial charge is 0.247 e. The molecule has 1 amide bonds. The Morgan fingerprint density at radius 2 is 2.03 bits per heavy atom. The van der Waals surface area contributed by atoms with Crippen LogP contribution in [0.15, 0.2) is 23.1 Å². The summed E-state index contributed by atoms with van der Waals surface area (Å²) in [5.74, 6) is 5.98. The van der Waals surface area contributed by atoms with Gasteiger partial charge in [-0.1, -0.05) is 38.0 Å². The molecule has 0 radical (unpaired) electrons. The van der Waals surface area contributed by atoms with E-state index in [-0.39, 0.29) is 48.1 Å². The van der Waals surface area contributed by atoms with Crippen LogP contribution in [-0.2, 0) is 19.6 Å². The van der Waals surface area contributed by atoms with Crippen LogP contribution in [0.3, 0.4) is 0 Å². The highest BCUT2D eigenvalue weighted by molar-refractivity contribution is 7.89. The number of carbonyl (C=O) groups is 1. The third-order valence-corrected chi connectivity index (χ3v) is 8.92. The van der Waals surface area contributed by atoms with E-state index < -0.39 is 22.2 Å². The molecule has 1 N–H and O–H groups in total. The maximum absolute atomic E-state index is 13.6. The monoisotopic (exact) mass is 506 g/mol. The number of methoxy groups -OCH3 is 1. The van der Waals surface area contributed by atoms with Crippen LogP contribution in [0.5, 0.6) is 5.75 Å². The van der Waals surface area contributed by atoms with Crippen molar-refractivity contribution >= 4 is 15.9 Å². The van der Waals surface area contributed by atoms with Crippen molar-refractivity contribution in [3.8, 4) is 17.6 Å². The predicted molar refractivity (Wildman–Crippen MR) is 133 cm³/mol. The molecule has 0 bridgehead atoms. The van der Waals surface area contributed by atoms with Crippen molar-refractivity contribution < 1.29 is 27.8 Å². The molecule has 3 atom stereocenters. The topological polar surface area (TPSA) is 96.4 Å². The van der Waals surface area contributed by atoms with E-state index in [1.165, 1.54) is 16.8 Å². The van der Waals surface area contributed by atoms with Gasteiger partial charge >= 0.3 is 0 Å². The van der Waals surface area contributed by atoms with Crippen molar-refractivity contribution in [3.05, 3.63) is 23.8 Å². The Hall–Kier alpha value is -2.12. The fraction of sp³-hybridized carbons (Fsp3) is 0.654. The van der Waals surface area contributed by atoms with E-state index in [4.69, 9.17) is 9.47 Å². The number of fused-ring (bicyclic) bond motifs is 1. The number of nitrogens with zero attached hydrogens (tertiary/aromatic N) is 2. The van der Waals surface area contributed by atoms with E-state index in [1.54, 1.807) is 38.1 Å². The van der Waals surface area contributed by atoms with Crippen LogP contribution < -0.4 is 4.74 Å². The minimum absolute atomic E-state index is 0.0354. The number of aliphatic hydroxyl groups excluding tert-OH is 1. The molecule has 0 unspecified atom stereocenters. The average Bonchev–Trinajstić information content (AvgIpc) is 2.85. The quantitative estimate of drug-likeness (QED) is 0.596. The summed E-state index contributed by atoms with van der Waals surface area (Å²) < 4.78 is 39.8. The summed E-state index contributed by atoms with van der Waals surface area (Å²) in [7, 11) is -0.569. The zero-order valence-corrected chi connectivity index (χ0v) is 22.0. The standard InChI is InChI=1S/C26H38N2O6S/c1-19-16-28(20(2)18-29)35(31,32)25-13-12-21(9-8-14-33-4)15-23(25)34-24(19)17-27(3)26(30)22-10-6-5-7-11-22/h12-13,15,19-20,22,24,29H,5-7,10-11,14,16-18H2,1-4H3/t19-,20-,24-/m0/s1. The molecule has 1 aliphatic heterocycles. The van der Waals surface area contributed by atoms with E-state index in [9.17, 15) is 18.3 Å². The summed E-state index contributed by atoms with van der Waals surface area (Å²) >= 11 is 0. The van der Waals surface area contributed by atoms with Crippen molar-refractivity contribution in [1.29, 1.82) is 0 Å². The Morgan fingerprint density at radius 3 is 2.69 bits per heavy atom. The zero-order chi connectivity index (χ0) is 25.6. The molecule has 1 saturated carbocycles. The first-order valence-electron chi connectivity index (χ1n) is 12.3. The third kappa shape index (κ3) is 6.56. The number of hydrogen-bond acceptors (Lipinski definition) is 6. The number of amides is 1. The lowest BCUT2D eigenvalue weighted by atomic mass is 9.88. The highest BCUT2D eigenvalue weighted by atomic mass is 32.2. The Balaban J connectivity index is 1.96. The fourth-order valence-electron chi connectivity index (χ4n) is 4.75. The first kappa shape index (κ1) is 27.5. The molecule has 3 rings (SSSR count). The number of rotatable bonds is 6. The summed E-state index contributed by atoms with van der Waals surface area (Å²) in [6.07, 6.45) is 4.72. The molecule has 194 valence electrons. The van der Waals surface area contributed by atoms with E-state index >= 15 is 0 Å². The highest BCUT2D eigenvalue weighted by Gasteiger charge is 2.38. The van der Waals surface area contributed by atoms with Gasteiger partial charge in [-0.15, -0.1) is 0 Å². The van der Waals surface area contributed by atoms with Gasteiger partial charge < -0.3 is 19.5 Å². The van der Waals surface area contributed by atoms with Crippen LogP contribution in [0.25, 0.3) is 0 Å². The maximum atomic E-state index is 13.6. The molecule has 1 aromatic carbocycles. The molecule has 2 aliphatic rings. The third-order valence-electron chi connectivity index (χ3n) is 6.90. The summed E-state index contributed by atoms with van der Waals surface area (Å²) in [5.41, 5.74) is 0.608. The molecule has 9 heteroatoms. The molecule has 0 spiro atoms. The van der Waals surface area contributed by atoms with Crippen LogP contribution in [0, 0.1) is 23.7 Å². The number of ether oxygens (including phenoxy) is 2. The van der Waals surface area contributed by atoms with Crippen molar-refractivity contribution in [2.45, 2.75) is 63.0 Å². The summed E-state index contributed by atoms with van der Waals surface area (Å²) in [5, 5.41) is 9.79. The van der Waals surface area contributed by atoms with Crippen LogP contribution >= 0.6 is 0 Å². The lowest BCUT2D eigenvalue weighted by Gasteiger charge is -2.38. The van der Waals surface area contributed by atoms with E-state index in [2.05, 4.69) is 11.8 Å². The highest BCUT2D eigenvalue weighted by Crippen LogP contribution is 2.34. The van der Waals surface area contributed by atoms with Crippen LogP contribution in [-0.4, -0.2) is 81.2 Å². The van der Waals surface area contributed by atoms with Gasteiger partial charge in [0.2, 0.25) is 15.9 Å². The van der Waals surface area contributed by atoms with Crippen molar-refractivity contribution in [1.82, 2.24) is 9.21 Å². The van der Waals surface area contributed by atoms with Crippen LogP contribution in [0.1, 0.15) is 51.5 Å². The summed E-state index contributed by atoms with van der Waals surface area (Å²) in [6.45, 7) is 4.08. The lowest BCUT2D eigenvalue weighted by molar-refractivity contribution is -0.136. The van der Waals surface area contributed by atoms with Gasteiger partial charge in [0.25, 0.3) is 0 Å². The number of hydrogen-bond donors (Lipinski definition) is 1. The Bertz CT molecular complexity index is 1040. The average molecular weight is 507 g/mol. The van der Waals surface area contributed by atoms with Gasteiger partial charge in [0, 0.05) is 44.1 Å². The molecule has 1 heterocycles. The van der Waals surface area contributed by atoms with Gasteiger partial charge in [-0.05, 0) is 38.0 Å². The minimum atomic E-state index is -3.92. The van der Waals surface area contributed by atoms with Crippen LogP contribution in [0.2, 0.25) is 0 Å². The molecule has 1 aliphatic carbocycles. The molecule has 35 heavy (non-hydrogen) atoms. The van der Waals surface area contributed by atoms with Crippen molar-refractivity contribution in [3.63, 3.8) is 0 Å². The first-order valence-corrected chi connectivity index (χ1v) is 13.8. The normalized spacial score (nSPS) is 23.6. The molecule has 8 nitrogen and oxygen atoms in total. The van der Waals surface area contributed by atoms with Gasteiger partial charge in [0.05, 0.1) is 13.2 Å². The Morgan fingerprint density at radius 1 is 1.31 bits per heavy atom. The minimum Gasteiger partial charge on any atom is -0.487 e. The number of carbonyl (C=O) groups excluding carboxylic acids is 1. The zero-order valence-electron chi connectivity index (χ0n) is 21.2. The van der Waals surface area contributed by atoms with Crippen molar-refractivity contribution in [2.24, 2.45) is 11.8 Å². The number of likely N-dealkylation sites (N-methyl/N-ethyl adjacent to an activating group) is 1. The van der Waals surface area contributed by atoms with E-state index in [1.807, 2.05) is 6.92 Å². The number of sulfonamides is 1. The van der Waals surface area contributed by atoms with Gasteiger partial charge in [-0.3, -0.25) is 4.79 Å². The van der Waals surface area contributed by atoms with Gasteiger partial charge in [0.15, 0.2) is 0 Å². The van der Waals surface area contributed by atoms with Crippen molar-refractivity contribution in [2.75, 3.05) is 40.5 Å². The fourth-order valence-corrected chi connectivity index (χ4v) is 6.58. The SMILES string of the molecule is COCC#Cc1ccc2c(c1)O[C@@H](CN(C)C(=O)C1CCCCC1)[C@@H](C)CN([C@@H](C)CO)S2(=O)=O. The van der Waals surface area contributed by atoms with E-state index in [0.29, 0.717) is 12.1 Å². The second-order valence-corrected chi connectivity index (χ2v) is 11.5. The molecular formula is C26H38N2O6S. The number of benzene rings is 1. The second-order valence-electron chi connectivity index (χ2n) is 9.69. The van der Waals surface area contributed by atoms with Crippen LogP contribution in [0.4, 0.5) is 0 Å². The molecule has 0 saturated heterocycles. The Labute approximate surface area is 209 Å². The molecule has 1 fully saturated rings. The second kappa shape index (κ2) is 12.2. The maximum Gasteiger partial charge on any atom is 0.247 e.